The molecule has 24 heavy (non-hydrogen) atoms. The van der Waals surface area contributed by atoms with Crippen molar-refractivity contribution in [3.63, 3.8) is 0 Å². The fourth-order valence-electron chi connectivity index (χ4n) is 4.34. The predicted octanol–water partition coefficient (Wildman–Crippen LogP) is 1.85. The van der Waals surface area contributed by atoms with Crippen LogP contribution in [0.25, 0.3) is 0 Å². The number of rotatable bonds is 5. The normalized spacial score (nSPS) is 32.8. The fourth-order valence-corrected chi connectivity index (χ4v) is 6.50. The van der Waals surface area contributed by atoms with Crippen molar-refractivity contribution in [2.45, 2.75) is 32.1 Å². The molecular formula is C17H31N3O2S2. The van der Waals surface area contributed by atoms with Gasteiger partial charge in [-0.05, 0) is 43.3 Å². The number of nitrogens with one attached hydrogen (secondary N) is 1. The highest BCUT2D eigenvalue weighted by atomic mass is 32.2. The lowest BCUT2D eigenvalue weighted by molar-refractivity contribution is 0.299. The third-order valence-corrected chi connectivity index (χ3v) is 8.14. The molecule has 5 nitrogen and oxygen atoms in total. The Kier molecular flexibility index (Phi) is 6.35. The minimum absolute atomic E-state index is 0.206. The summed E-state index contributed by atoms with van der Waals surface area (Å²) in [6, 6.07) is 0. The Morgan fingerprint density at radius 3 is 2.50 bits per heavy atom. The summed E-state index contributed by atoms with van der Waals surface area (Å²) in [6.07, 6.45) is 8.37. The summed E-state index contributed by atoms with van der Waals surface area (Å²) in [4.78, 5) is 7.28. The number of likely N-dealkylation sites (tertiary alicyclic amines) is 1. The van der Waals surface area contributed by atoms with Crippen LogP contribution in [0.15, 0.2) is 4.99 Å². The summed E-state index contributed by atoms with van der Waals surface area (Å²) < 4.78 is 23.3. The van der Waals surface area contributed by atoms with E-state index in [-0.39, 0.29) is 5.92 Å². The molecule has 0 spiro atoms. The first-order valence-corrected chi connectivity index (χ1v) is 12.5. The van der Waals surface area contributed by atoms with Gasteiger partial charge in [0.25, 0.3) is 0 Å². The zero-order valence-corrected chi connectivity index (χ0v) is 16.4. The molecule has 3 rings (SSSR count). The average Bonchev–Trinajstić information content (AvgIpc) is 3.13. The summed E-state index contributed by atoms with van der Waals surface area (Å²) in [5, 5.41) is 3.52. The standard InChI is InChI=1S/C17H31N3O2S2/c1-23-8-7-18-17(19-10-14-6-9-24(21,22)13-14)20-11-15-4-2-3-5-16(15)12-20/h14-16H,2-13H2,1H3,(H,18,19). The van der Waals surface area contributed by atoms with E-state index in [9.17, 15) is 8.42 Å². The molecule has 1 aliphatic carbocycles. The monoisotopic (exact) mass is 373 g/mol. The van der Waals surface area contributed by atoms with Gasteiger partial charge in [0.05, 0.1) is 11.5 Å². The molecule has 3 atom stereocenters. The molecule has 3 aliphatic rings. The van der Waals surface area contributed by atoms with E-state index in [4.69, 9.17) is 4.99 Å². The second-order valence-corrected chi connectivity index (χ2v) is 10.8. The Balaban J connectivity index is 1.61. The SMILES string of the molecule is CSCCNC(=NCC1CCS(=O)(=O)C1)N1CC2CCCCC2C1. The number of nitrogens with zero attached hydrogens (tertiary/aromatic N) is 2. The van der Waals surface area contributed by atoms with Crippen LogP contribution in [0, 0.1) is 17.8 Å². The maximum absolute atomic E-state index is 11.6. The van der Waals surface area contributed by atoms with Gasteiger partial charge in [-0.3, -0.25) is 4.99 Å². The van der Waals surface area contributed by atoms with E-state index in [2.05, 4.69) is 16.5 Å². The molecule has 0 bridgehead atoms. The van der Waals surface area contributed by atoms with Crippen molar-refractivity contribution >= 4 is 27.6 Å². The van der Waals surface area contributed by atoms with Crippen molar-refractivity contribution in [2.75, 3.05) is 49.7 Å². The van der Waals surface area contributed by atoms with Crippen LogP contribution in [0.2, 0.25) is 0 Å². The van der Waals surface area contributed by atoms with E-state index < -0.39 is 9.84 Å². The van der Waals surface area contributed by atoms with Crippen LogP contribution in [0.3, 0.4) is 0 Å². The van der Waals surface area contributed by atoms with Crippen molar-refractivity contribution in [1.29, 1.82) is 0 Å². The van der Waals surface area contributed by atoms with Gasteiger partial charge in [-0.1, -0.05) is 12.8 Å². The number of hydrogen-bond acceptors (Lipinski definition) is 4. The van der Waals surface area contributed by atoms with Gasteiger partial charge in [0.1, 0.15) is 0 Å². The van der Waals surface area contributed by atoms with E-state index in [1.807, 2.05) is 11.8 Å². The van der Waals surface area contributed by atoms with E-state index in [1.54, 1.807) is 0 Å². The molecule has 3 unspecified atom stereocenters. The quantitative estimate of drug-likeness (QED) is 0.453. The van der Waals surface area contributed by atoms with Gasteiger partial charge in [0, 0.05) is 31.9 Å². The first-order valence-electron chi connectivity index (χ1n) is 9.30. The van der Waals surface area contributed by atoms with Gasteiger partial charge in [-0.25, -0.2) is 8.42 Å². The highest BCUT2D eigenvalue weighted by Crippen LogP contribution is 2.36. The highest BCUT2D eigenvalue weighted by molar-refractivity contribution is 7.98. The molecule has 1 N–H and O–H groups in total. The van der Waals surface area contributed by atoms with Crippen LogP contribution in [0.1, 0.15) is 32.1 Å². The molecule has 2 saturated heterocycles. The van der Waals surface area contributed by atoms with E-state index >= 15 is 0 Å². The Morgan fingerprint density at radius 1 is 1.21 bits per heavy atom. The maximum Gasteiger partial charge on any atom is 0.193 e. The van der Waals surface area contributed by atoms with E-state index in [0.717, 1.165) is 49.6 Å². The molecule has 138 valence electrons. The lowest BCUT2D eigenvalue weighted by Gasteiger charge is -2.22. The third kappa shape index (κ3) is 4.81. The molecule has 3 fully saturated rings. The molecule has 0 aromatic heterocycles. The zero-order chi connectivity index (χ0) is 17.0. The second-order valence-electron chi connectivity index (χ2n) is 7.56. The van der Waals surface area contributed by atoms with Crippen LogP contribution in [-0.4, -0.2) is 69.0 Å². The molecule has 2 heterocycles. The fraction of sp³-hybridized carbons (Fsp3) is 0.941. The minimum atomic E-state index is -2.81. The maximum atomic E-state index is 11.6. The Bertz CT molecular complexity index is 536. The van der Waals surface area contributed by atoms with E-state index in [0.29, 0.717) is 18.1 Å². The van der Waals surface area contributed by atoms with Crippen molar-refractivity contribution in [3.05, 3.63) is 0 Å². The molecule has 0 aromatic rings. The topological polar surface area (TPSA) is 61.8 Å². The van der Waals surface area contributed by atoms with Crippen molar-refractivity contribution in [2.24, 2.45) is 22.7 Å². The summed E-state index contributed by atoms with van der Waals surface area (Å²) in [5.74, 6) is 4.62. The second kappa shape index (κ2) is 8.30. The molecule has 0 radical (unpaired) electrons. The third-order valence-electron chi connectivity index (χ3n) is 5.69. The highest BCUT2D eigenvalue weighted by Gasteiger charge is 2.36. The van der Waals surface area contributed by atoms with Gasteiger partial charge < -0.3 is 10.2 Å². The predicted molar refractivity (Wildman–Crippen MR) is 102 cm³/mol. The number of fused-ring (bicyclic) bond motifs is 1. The number of hydrogen-bond donors (Lipinski definition) is 1. The smallest absolute Gasteiger partial charge is 0.193 e. The van der Waals surface area contributed by atoms with Crippen LogP contribution in [0.4, 0.5) is 0 Å². The Morgan fingerprint density at radius 2 is 1.92 bits per heavy atom. The van der Waals surface area contributed by atoms with Crippen molar-refractivity contribution < 1.29 is 8.42 Å². The zero-order valence-electron chi connectivity index (χ0n) is 14.7. The van der Waals surface area contributed by atoms with Crippen LogP contribution in [0.5, 0.6) is 0 Å². The van der Waals surface area contributed by atoms with Crippen LogP contribution >= 0.6 is 11.8 Å². The molecule has 0 aromatic carbocycles. The molecule has 7 heteroatoms. The Labute approximate surface area is 151 Å². The van der Waals surface area contributed by atoms with Crippen LogP contribution in [-0.2, 0) is 9.84 Å². The lowest BCUT2D eigenvalue weighted by atomic mass is 9.82. The first-order chi connectivity index (χ1) is 11.6. The number of sulfone groups is 1. The van der Waals surface area contributed by atoms with Gasteiger partial charge in [-0.2, -0.15) is 11.8 Å². The van der Waals surface area contributed by atoms with Gasteiger partial charge in [-0.15, -0.1) is 0 Å². The summed E-state index contributed by atoms with van der Waals surface area (Å²) >= 11 is 1.83. The molecular weight excluding hydrogens is 342 g/mol. The summed E-state index contributed by atoms with van der Waals surface area (Å²) in [5.41, 5.74) is 0. The summed E-state index contributed by atoms with van der Waals surface area (Å²) in [7, 11) is -2.81. The van der Waals surface area contributed by atoms with Gasteiger partial charge >= 0.3 is 0 Å². The summed E-state index contributed by atoms with van der Waals surface area (Å²) in [6.45, 7) is 3.82. The molecule has 1 saturated carbocycles. The average molecular weight is 374 g/mol. The number of aliphatic imine (C=N–C) groups is 1. The van der Waals surface area contributed by atoms with Gasteiger partial charge in [0.2, 0.25) is 0 Å². The number of thioether (sulfide) groups is 1. The van der Waals surface area contributed by atoms with Crippen molar-refractivity contribution in [3.8, 4) is 0 Å². The lowest BCUT2D eigenvalue weighted by Crippen LogP contribution is -2.41. The largest absolute Gasteiger partial charge is 0.355 e. The first kappa shape index (κ1) is 18.4. The van der Waals surface area contributed by atoms with Crippen molar-refractivity contribution in [1.82, 2.24) is 10.2 Å². The van der Waals surface area contributed by atoms with E-state index in [1.165, 1.54) is 25.7 Å². The van der Waals surface area contributed by atoms with Gasteiger partial charge in [0.15, 0.2) is 15.8 Å². The number of guanidine groups is 1. The van der Waals surface area contributed by atoms with Crippen LogP contribution < -0.4 is 5.32 Å². The molecule has 2 aliphatic heterocycles. The Hall–Kier alpha value is -0.430. The molecule has 0 amide bonds. The minimum Gasteiger partial charge on any atom is -0.355 e.